The van der Waals surface area contributed by atoms with Gasteiger partial charge in [-0.25, -0.2) is 22.8 Å². The molecule has 1 saturated heterocycles. The van der Waals surface area contributed by atoms with E-state index in [9.17, 15) is 12.8 Å². The highest BCUT2D eigenvalue weighted by Crippen LogP contribution is 2.25. The van der Waals surface area contributed by atoms with Crippen LogP contribution >= 0.6 is 0 Å². The fraction of sp³-hybridized carbons (Fsp3) is 0.375. The first kappa shape index (κ1) is 17.6. The van der Waals surface area contributed by atoms with Crippen molar-refractivity contribution in [1.29, 1.82) is 0 Å². The largest absolute Gasteiger partial charge is 0.494 e. The zero-order chi connectivity index (χ0) is 18.0. The average molecular weight is 366 g/mol. The molecule has 7 nitrogen and oxygen atoms in total. The monoisotopic (exact) mass is 366 g/mol. The summed E-state index contributed by atoms with van der Waals surface area (Å²) in [5, 5.41) is 0. The summed E-state index contributed by atoms with van der Waals surface area (Å²) < 4.78 is 45.5. The molecule has 0 aliphatic carbocycles. The molecule has 3 rings (SSSR count). The first-order valence-corrected chi connectivity index (χ1v) is 9.22. The molecule has 1 aliphatic rings. The molecule has 134 valence electrons. The molecule has 2 aromatic rings. The molecule has 1 aromatic carbocycles. The number of rotatable bonds is 4. The second-order valence-electron chi connectivity index (χ2n) is 5.72. The van der Waals surface area contributed by atoms with Gasteiger partial charge in [-0.3, -0.25) is 0 Å². The van der Waals surface area contributed by atoms with Crippen molar-refractivity contribution in [3.8, 4) is 5.75 Å². The molecule has 0 atom stereocenters. The van der Waals surface area contributed by atoms with Crippen molar-refractivity contribution >= 4 is 15.8 Å². The van der Waals surface area contributed by atoms with Crippen LogP contribution in [0.4, 0.5) is 10.2 Å². The number of aryl methyl sites for hydroxylation is 1. The number of aromatic nitrogens is 2. The molecule has 0 spiro atoms. The molecule has 25 heavy (non-hydrogen) atoms. The minimum atomic E-state index is -3.75. The maximum atomic E-state index is 13.8. The third kappa shape index (κ3) is 3.42. The fourth-order valence-corrected chi connectivity index (χ4v) is 4.26. The molecule has 0 bridgehead atoms. The molecule has 0 amide bonds. The zero-order valence-corrected chi connectivity index (χ0v) is 14.8. The van der Waals surface area contributed by atoms with Gasteiger partial charge in [0, 0.05) is 37.9 Å². The van der Waals surface area contributed by atoms with Crippen molar-refractivity contribution in [2.45, 2.75) is 11.8 Å². The van der Waals surface area contributed by atoms with E-state index in [1.54, 1.807) is 6.20 Å². The number of piperazine rings is 1. The number of anilines is 1. The van der Waals surface area contributed by atoms with Crippen LogP contribution in [-0.2, 0) is 10.0 Å². The van der Waals surface area contributed by atoms with Crippen molar-refractivity contribution in [2.75, 3.05) is 38.2 Å². The van der Waals surface area contributed by atoms with Crippen LogP contribution in [0, 0.1) is 12.7 Å². The molecule has 1 aliphatic heterocycles. The number of hydrogen-bond donors (Lipinski definition) is 0. The molecule has 0 N–H and O–H groups in total. The van der Waals surface area contributed by atoms with Gasteiger partial charge in [-0.15, -0.1) is 0 Å². The van der Waals surface area contributed by atoms with E-state index >= 15 is 0 Å². The highest BCUT2D eigenvalue weighted by atomic mass is 32.2. The van der Waals surface area contributed by atoms with Crippen molar-refractivity contribution in [2.24, 2.45) is 0 Å². The molecule has 0 radical (unpaired) electrons. The summed E-state index contributed by atoms with van der Waals surface area (Å²) in [6.07, 6.45) is 3.21. The Labute approximate surface area is 146 Å². The normalized spacial score (nSPS) is 16.0. The van der Waals surface area contributed by atoms with Crippen LogP contribution < -0.4 is 9.64 Å². The number of ether oxygens (including phenoxy) is 1. The predicted molar refractivity (Wildman–Crippen MR) is 90.7 cm³/mol. The third-order valence-corrected chi connectivity index (χ3v) is 6.06. The van der Waals surface area contributed by atoms with Gasteiger partial charge >= 0.3 is 0 Å². The SMILES string of the molecule is COc1ccc(S(=O)(=O)N2CCN(c3ncncc3C)CC2)cc1F. The highest BCUT2D eigenvalue weighted by Gasteiger charge is 2.30. The number of nitrogens with zero attached hydrogens (tertiary/aromatic N) is 4. The number of halogens is 1. The maximum Gasteiger partial charge on any atom is 0.243 e. The van der Waals surface area contributed by atoms with Gasteiger partial charge in [-0.2, -0.15) is 4.31 Å². The van der Waals surface area contributed by atoms with Crippen molar-refractivity contribution in [3.63, 3.8) is 0 Å². The number of hydrogen-bond acceptors (Lipinski definition) is 6. The first-order chi connectivity index (χ1) is 11.9. The Kier molecular flexibility index (Phi) is 4.87. The summed E-state index contributed by atoms with van der Waals surface area (Å²) in [6, 6.07) is 3.68. The Balaban J connectivity index is 1.76. The Hall–Kier alpha value is -2.26. The van der Waals surface area contributed by atoms with Gasteiger partial charge in [-0.05, 0) is 25.1 Å². The van der Waals surface area contributed by atoms with Gasteiger partial charge in [0.2, 0.25) is 10.0 Å². The molecular weight excluding hydrogens is 347 g/mol. The van der Waals surface area contributed by atoms with Crippen LogP contribution in [0.2, 0.25) is 0 Å². The second-order valence-corrected chi connectivity index (χ2v) is 7.65. The number of methoxy groups -OCH3 is 1. The first-order valence-electron chi connectivity index (χ1n) is 7.78. The van der Waals surface area contributed by atoms with E-state index in [1.165, 1.54) is 29.9 Å². The van der Waals surface area contributed by atoms with E-state index in [1.807, 2.05) is 11.8 Å². The van der Waals surface area contributed by atoms with Crippen molar-refractivity contribution in [1.82, 2.24) is 14.3 Å². The summed E-state index contributed by atoms with van der Waals surface area (Å²) in [5.74, 6) is 0.129. The van der Waals surface area contributed by atoms with E-state index < -0.39 is 15.8 Å². The smallest absolute Gasteiger partial charge is 0.243 e. The quantitative estimate of drug-likeness (QED) is 0.815. The van der Waals surface area contributed by atoms with Gasteiger partial charge in [0.1, 0.15) is 12.1 Å². The molecule has 0 saturated carbocycles. The van der Waals surface area contributed by atoms with Gasteiger partial charge in [-0.1, -0.05) is 0 Å². The highest BCUT2D eigenvalue weighted by molar-refractivity contribution is 7.89. The van der Waals surface area contributed by atoms with Crippen LogP contribution in [0.25, 0.3) is 0 Å². The van der Waals surface area contributed by atoms with Crippen LogP contribution in [0.3, 0.4) is 0 Å². The van der Waals surface area contributed by atoms with Gasteiger partial charge in [0.15, 0.2) is 11.6 Å². The van der Waals surface area contributed by atoms with E-state index in [-0.39, 0.29) is 10.6 Å². The minimum Gasteiger partial charge on any atom is -0.494 e. The lowest BCUT2D eigenvalue weighted by atomic mass is 10.3. The van der Waals surface area contributed by atoms with Crippen LogP contribution in [0.5, 0.6) is 5.75 Å². The second kappa shape index (κ2) is 6.93. The summed E-state index contributed by atoms with van der Waals surface area (Å²) in [4.78, 5) is 10.2. The Morgan fingerprint density at radius 2 is 1.92 bits per heavy atom. The van der Waals surface area contributed by atoms with Crippen LogP contribution in [0.1, 0.15) is 5.56 Å². The molecule has 0 unspecified atom stereocenters. The lowest BCUT2D eigenvalue weighted by molar-refractivity contribution is 0.379. The standard InChI is InChI=1S/C16H19FN4O3S/c1-12-10-18-11-19-16(12)20-5-7-21(8-6-20)25(22,23)13-3-4-15(24-2)14(17)9-13/h3-4,9-11H,5-8H2,1-2H3. The molecule has 2 heterocycles. The van der Waals surface area contributed by atoms with Crippen molar-refractivity contribution in [3.05, 3.63) is 42.1 Å². The lowest BCUT2D eigenvalue weighted by Crippen LogP contribution is -2.49. The summed E-state index contributed by atoms with van der Waals surface area (Å²) in [6.45, 7) is 3.54. The summed E-state index contributed by atoms with van der Waals surface area (Å²) >= 11 is 0. The Morgan fingerprint density at radius 1 is 1.20 bits per heavy atom. The maximum absolute atomic E-state index is 13.8. The van der Waals surface area contributed by atoms with Crippen molar-refractivity contribution < 1.29 is 17.5 Å². The van der Waals surface area contributed by atoms with E-state index in [4.69, 9.17) is 4.74 Å². The zero-order valence-electron chi connectivity index (χ0n) is 14.0. The predicted octanol–water partition coefficient (Wildman–Crippen LogP) is 1.44. The number of benzene rings is 1. The molecule has 1 fully saturated rings. The molecule has 1 aromatic heterocycles. The summed E-state index contributed by atoms with van der Waals surface area (Å²) in [7, 11) is -2.41. The van der Waals surface area contributed by atoms with E-state index in [0.717, 1.165) is 17.4 Å². The number of sulfonamides is 1. The van der Waals surface area contributed by atoms with E-state index in [2.05, 4.69) is 9.97 Å². The Bertz CT molecular complexity index is 867. The van der Waals surface area contributed by atoms with Gasteiger partial charge < -0.3 is 9.64 Å². The van der Waals surface area contributed by atoms with Crippen LogP contribution in [-0.4, -0.2) is 56.0 Å². The Morgan fingerprint density at radius 3 is 2.52 bits per heavy atom. The minimum absolute atomic E-state index is 0.0167. The van der Waals surface area contributed by atoms with Crippen LogP contribution in [0.15, 0.2) is 35.6 Å². The average Bonchev–Trinajstić information content (AvgIpc) is 2.62. The summed E-state index contributed by atoms with van der Waals surface area (Å²) in [5.41, 5.74) is 0.941. The van der Waals surface area contributed by atoms with E-state index in [0.29, 0.717) is 26.2 Å². The molecule has 9 heteroatoms. The fourth-order valence-electron chi connectivity index (χ4n) is 2.82. The molecular formula is C16H19FN4O3S. The van der Waals surface area contributed by atoms with Gasteiger partial charge in [0.25, 0.3) is 0 Å². The lowest BCUT2D eigenvalue weighted by Gasteiger charge is -2.35. The third-order valence-electron chi connectivity index (χ3n) is 4.17. The van der Waals surface area contributed by atoms with Gasteiger partial charge in [0.05, 0.1) is 12.0 Å². The topological polar surface area (TPSA) is 75.6 Å².